The van der Waals surface area contributed by atoms with Crippen LogP contribution in [0.4, 0.5) is 0 Å². The number of methoxy groups -OCH3 is 1. The normalized spacial score (nSPS) is 20.5. The van der Waals surface area contributed by atoms with Gasteiger partial charge in [-0.3, -0.25) is 4.79 Å². The number of hydrogen-bond donors (Lipinski definition) is 2. The number of rotatable bonds is 6. The third-order valence-corrected chi connectivity index (χ3v) is 7.67. The molecule has 0 radical (unpaired) electrons. The molecule has 1 aliphatic carbocycles. The summed E-state index contributed by atoms with van der Waals surface area (Å²) in [6, 6.07) is 7.83. The molecule has 1 amide bonds. The second-order valence-corrected chi connectivity index (χ2v) is 9.51. The van der Waals surface area contributed by atoms with E-state index in [9.17, 15) is 13.2 Å². The van der Waals surface area contributed by atoms with Gasteiger partial charge >= 0.3 is 0 Å². The van der Waals surface area contributed by atoms with Crippen LogP contribution in [-0.2, 0) is 20.0 Å². The molecule has 1 aromatic rings. The summed E-state index contributed by atoms with van der Waals surface area (Å²) in [6.07, 6.45) is 3.73. The summed E-state index contributed by atoms with van der Waals surface area (Å²) < 4.78 is 28.8. The van der Waals surface area contributed by atoms with Gasteiger partial charge in [-0.05, 0) is 44.8 Å². The number of carbonyl (C=O) groups excluding carboxylic acids is 1. The van der Waals surface area contributed by atoms with Crippen LogP contribution in [0.15, 0.2) is 24.3 Å². The number of sulfone groups is 1. The van der Waals surface area contributed by atoms with Crippen LogP contribution < -0.4 is 15.4 Å². The summed E-state index contributed by atoms with van der Waals surface area (Å²) in [5.41, 5.74) is 0.935. The number of hydrogen-bond acceptors (Lipinski definition) is 5. The molecule has 1 aliphatic heterocycles. The number of carbonyl (C=O) groups is 1. The summed E-state index contributed by atoms with van der Waals surface area (Å²) in [6.45, 7) is 1.52. The van der Waals surface area contributed by atoms with Crippen molar-refractivity contribution in [1.29, 1.82) is 0 Å². The summed E-state index contributed by atoms with van der Waals surface area (Å²) in [7, 11) is -1.85. The molecule has 2 aliphatic rings. The van der Waals surface area contributed by atoms with Gasteiger partial charge in [0.2, 0.25) is 5.91 Å². The van der Waals surface area contributed by atoms with Crippen molar-refractivity contribution in [2.45, 2.75) is 35.8 Å². The van der Waals surface area contributed by atoms with E-state index in [0.29, 0.717) is 32.5 Å². The molecule has 0 bridgehead atoms. The Morgan fingerprint density at radius 3 is 2.35 bits per heavy atom. The third kappa shape index (κ3) is 3.70. The Morgan fingerprint density at radius 1 is 1.19 bits per heavy atom. The molecular formula is C18H27ClN2O4S. The highest BCUT2D eigenvalue weighted by molar-refractivity contribution is 7.92. The van der Waals surface area contributed by atoms with Crippen molar-refractivity contribution in [2.24, 2.45) is 0 Å². The van der Waals surface area contributed by atoms with E-state index < -0.39 is 14.6 Å². The van der Waals surface area contributed by atoms with Crippen molar-refractivity contribution in [3.8, 4) is 5.75 Å². The van der Waals surface area contributed by atoms with E-state index in [1.54, 1.807) is 7.11 Å². The summed E-state index contributed by atoms with van der Waals surface area (Å²) in [5.74, 6) is 0.451. The lowest BCUT2D eigenvalue weighted by Gasteiger charge is -2.35. The molecule has 146 valence electrons. The lowest BCUT2D eigenvalue weighted by Crippen LogP contribution is -2.58. The Morgan fingerprint density at radius 2 is 1.81 bits per heavy atom. The van der Waals surface area contributed by atoms with Crippen LogP contribution in [0.25, 0.3) is 0 Å². The number of ether oxygens (including phenoxy) is 1. The van der Waals surface area contributed by atoms with Crippen molar-refractivity contribution in [3.63, 3.8) is 0 Å². The molecule has 1 aromatic carbocycles. The van der Waals surface area contributed by atoms with Crippen LogP contribution >= 0.6 is 12.4 Å². The van der Waals surface area contributed by atoms with E-state index in [1.165, 1.54) is 6.26 Å². The Kier molecular flexibility index (Phi) is 6.25. The number of nitrogens with one attached hydrogen (secondary N) is 2. The number of para-hydroxylation sites is 1. The minimum atomic E-state index is -3.49. The molecule has 2 N–H and O–H groups in total. The molecule has 0 unspecified atom stereocenters. The molecule has 6 nitrogen and oxygen atoms in total. The molecule has 3 rings (SSSR count). The Hall–Kier alpha value is -1.31. The lowest BCUT2D eigenvalue weighted by atomic mass is 9.93. The van der Waals surface area contributed by atoms with Crippen LogP contribution in [0.1, 0.15) is 31.2 Å². The van der Waals surface area contributed by atoms with Gasteiger partial charge in [0.1, 0.15) is 5.75 Å². The number of amides is 1. The molecule has 0 atom stereocenters. The second kappa shape index (κ2) is 7.74. The maximum atomic E-state index is 12.9. The van der Waals surface area contributed by atoms with Crippen LogP contribution in [0.3, 0.4) is 0 Å². The molecular weight excluding hydrogens is 376 g/mol. The molecule has 8 heteroatoms. The van der Waals surface area contributed by atoms with E-state index in [1.807, 2.05) is 24.3 Å². The van der Waals surface area contributed by atoms with E-state index in [2.05, 4.69) is 10.6 Å². The van der Waals surface area contributed by atoms with Gasteiger partial charge in [0.15, 0.2) is 14.6 Å². The first-order valence-corrected chi connectivity index (χ1v) is 10.6. The molecule has 0 aromatic heterocycles. The quantitative estimate of drug-likeness (QED) is 0.752. The van der Waals surface area contributed by atoms with Crippen LogP contribution in [-0.4, -0.2) is 52.1 Å². The van der Waals surface area contributed by atoms with E-state index in [0.717, 1.165) is 24.2 Å². The highest BCUT2D eigenvalue weighted by Gasteiger charge is 2.51. The predicted octanol–water partition coefficient (Wildman–Crippen LogP) is 1.43. The first kappa shape index (κ1) is 21.0. The van der Waals surface area contributed by atoms with Gasteiger partial charge in [-0.2, -0.15) is 0 Å². The van der Waals surface area contributed by atoms with Gasteiger partial charge in [0.05, 0.1) is 7.11 Å². The summed E-state index contributed by atoms with van der Waals surface area (Å²) in [5, 5.41) is 6.08. The van der Waals surface area contributed by atoms with Crippen molar-refractivity contribution in [1.82, 2.24) is 10.6 Å². The fourth-order valence-corrected chi connectivity index (χ4v) is 5.14. The molecule has 1 saturated carbocycles. The average molecular weight is 403 g/mol. The van der Waals surface area contributed by atoms with Crippen LogP contribution in [0, 0.1) is 0 Å². The van der Waals surface area contributed by atoms with Crippen LogP contribution in [0.2, 0.25) is 0 Å². The summed E-state index contributed by atoms with van der Waals surface area (Å²) in [4.78, 5) is 12.9. The zero-order valence-electron chi connectivity index (χ0n) is 15.2. The van der Waals surface area contributed by atoms with Gasteiger partial charge < -0.3 is 15.4 Å². The minimum absolute atomic E-state index is 0. The minimum Gasteiger partial charge on any atom is -0.496 e. The highest BCUT2D eigenvalue weighted by atomic mass is 35.5. The maximum absolute atomic E-state index is 12.9. The number of benzene rings is 1. The number of piperidine rings is 1. The third-order valence-electron chi connectivity index (χ3n) is 5.65. The van der Waals surface area contributed by atoms with Gasteiger partial charge in [0, 0.05) is 23.8 Å². The van der Waals surface area contributed by atoms with Gasteiger partial charge in [-0.1, -0.05) is 18.2 Å². The van der Waals surface area contributed by atoms with Crippen molar-refractivity contribution < 1.29 is 17.9 Å². The highest BCUT2D eigenvalue weighted by Crippen LogP contribution is 2.50. The molecule has 0 spiro atoms. The Balaban J connectivity index is 0.00000243. The van der Waals surface area contributed by atoms with Crippen molar-refractivity contribution in [2.75, 3.05) is 33.0 Å². The maximum Gasteiger partial charge on any atom is 0.241 e. The largest absolute Gasteiger partial charge is 0.496 e. The van der Waals surface area contributed by atoms with E-state index >= 15 is 0 Å². The fraction of sp³-hybridized carbons (Fsp3) is 0.611. The molecule has 2 fully saturated rings. The Labute approximate surface area is 161 Å². The van der Waals surface area contributed by atoms with Crippen LogP contribution in [0.5, 0.6) is 5.75 Å². The Bertz CT molecular complexity index is 756. The molecule has 26 heavy (non-hydrogen) atoms. The lowest BCUT2D eigenvalue weighted by molar-refractivity contribution is -0.124. The zero-order chi connectivity index (χ0) is 18.1. The standard InChI is InChI=1S/C18H26N2O4S.ClH/c1-24-15-6-4-3-5-14(15)17(7-8-17)13-20-16(21)18(25(2,22)23)9-11-19-12-10-18;/h3-6,19H,7-13H2,1-2H3,(H,20,21);1H. The average Bonchev–Trinajstić information content (AvgIpc) is 3.40. The van der Waals surface area contributed by atoms with Gasteiger partial charge in [0.25, 0.3) is 0 Å². The zero-order valence-corrected chi connectivity index (χ0v) is 16.8. The van der Waals surface area contributed by atoms with E-state index in [-0.39, 0.29) is 23.7 Å². The summed E-state index contributed by atoms with van der Waals surface area (Å²) >= 11 is 0. The SMILES string of the molecule is COc1ccccc1C1(CNC(=O)C2(S(C)(=O)=O)CCNCC2)CC1.Cl. The van der Waals surface area contributed by atoms with Gasteiger partial charge in [-0.25, -0.2) is 8.42 Å². The number of halogens is 1. The van der Waals surface area contributed by atoms with Gasteiger partial charge in [-0.15, -0.1) is 12.4 Å². The monoisotopic (exact) mass is 402 g/mol. The first-order valence-electron chi connectivity index (χ1n) is 8.67. The molecule has 1 saturated heterocycles. The van der Waals surface area contributed by atoms with E-state index in [4.69, 9.17) is 4.74 Å². The van der Waals surface area contributed by atoms with Crippen molar-refractivity contribution in [3.05, 3.63) is 29.8 Å². The second-order valence-electron chi connectivity index (χ2n) is 7.18. The predicted molar refractivity (Wildman–Crippen MR) is 104 cm³/mol. The van der Waals surface area contributed by atoms with Crippen molar-refractivity contribution >= 4 is 28.2 Å². The topological polar surface area (TPSA) is 84.5 Å². The smallest absolute Gasteiger partial charge is 0.241 e. The molecule has 1 heterocycles. The fourth-order valence-electron chi connectivity index (χ4n) is 3.78. The first-order chi connectivity index (χ1) is 11.8.